The standard InChI is InChI=1S/C15H18N2O3/c1-9(2)12-13(15(18)20-4)17-14(16-12)10-5-7-11(19-3)8-6-10/h5-9H,1-4H3,(H,16,17). The number of benzene rings is 1. The quantitative estimate of drug-likeness (QED) is 0.870. The van der Waals surface area contributed by atoms with Gasteiger partial charge in [-0.3, -0.25) is 0 Å². The smallest absolute Gasteiger partial charge is 0.358 e. The molecule has 0 aliphatic heterocycles. The maximum atomic E-state index is 11.8. The number of carbonyl (C=O) groups is 1. The van der Waals surface area contributed by atoms with Gasteiger partial charge in [0.1, 0.15) is 11.6 Å². The van der Waals surface area contributed by atoms with Gasteiger partial charge in [-0.2, -0.15) is 0 Å². The van der Waals surface area contributed by atoms with Gasteiger partial charge in [-0.25, -0.2) is 9.78 Å². The van der Waals surface area contributed by atoms with E-state index in [1.165, 1.54) is 7.11 Å². The Bertz CT molecular complexity index is 600. The van der Waals surface area contributed by atoms with E-state index in [9.17, 15) is 4.79 Å². The Morgan fingerprint density at radius 2 is 1.85 bits per heavy atom. The summed E-state index contributed by atoms with van der Waals surface area (Å²) in [6, 6.07) is 7.49. The molecule has 1 heterocycles. The first-order chi connectivity index (χ1) is 9.56. The number of H-pyrrole nitrogens is 1. The average molecular weight is 274 g/mol. The van der Waals surface area contributed by atoms with Crippen molar-refractivity contribution in [1.82, 2.24) is 9.97 Å². The van der Waals surface area contributed by atoms with E-state index in [0.29, 0.717) is 11.5 Å². The molecule has 1 N–H and O–H groups in total. The molecular formula is C15H18N2O3. The Labute approximate surface area is 117 Å². The summed E-state index contributed by atoms with van der Waals surface area (Å²) in [5, 5.41) is 0. The van der Waals surface area contributed by atoms with Crippen molar-refractivity contribution in [2.75, 3.05) is 14.2 Å². The zero-order chi connectivity index (χ0) is 14.7. The van der Waals surface area contributed by atoms with Gasteiger partial charge in [-0.1, -0.05) is 13.8 Å². The number of ether oxygens (including phenoxy) is 2. The molecule has 0 atom stereocenters. The first-order valence-electron chi connectivity index (χ1n) is 6.39. The molecule has 0 bridgehead atoms. The zero-order valence-electron chi connectivity index (χ0n) is 12.1. The number of rotatable bonds is 4. The van der Waals surface area contributed by atoms with Gasteiger partial charge in [0, 0.05) is 5.56 Å². The van der Waals surface area contributed by atoms with Crippen molar-refractivity contribution in [3.05, 3.63) is 35.7 Å². The monoisotopic (exact) mass is 274 g/mol. The molecule has 0 saturated carbocycles. The molecule has 0 saturated heterocycles. The van der Waals surface area contributed by atoms with E-state index in [1.807, 2.05) is 38.1 Å². The average Bonchev–Trinajstić information content (AvgIpc) is 2.92. The number of carbonyl (C=O) groups excluding carboxylic acids is 1. The van der Waals surface area contributed by atoms with Crippen LogP contribution in [0.4, 0.5) is 0 Å². The van der Waals surface area contributed by atoms with Crippen molar-refractivity contribution in [3.63, 3.8) is 0 Å². The van der Waals surface area contributed by atoms with Crippen molar-refractivity contribution in [2.24, 2.45) is 0 Å². The largest absolute Gasteiger partial charge is 0.497 e. The van der Waals surface area contributed by atoms with E-state index < -0.39 is 5.97 Å². The van der Waals surface area contributed by atoms with E-state index in [2.05, 4.69) is 9.97 Å². The second kappa shape index (κ2) is 5.77. The van der Waals surface area contributed by atoms with Crippen LogP contribution < -0.4 is 4.74 Å². The minimum Gasteiger partial charge on any atom is -0.497 e. The Morgan fingerprint density at radius 3 is 2.35 bits per heavy atom. The number of aromatic amines is 1. The van der Waals surface area contributed by atoms with Gasteiger partial charge in [-0.05, 0) is 30.2 Å². The Hall–Kier alpha value is -2.30. The lowest BCUT2D eigenvalue weighted by molar-refractivity contribution is 0.0593. The molecule has 0 aliphatic rings. The van der Waals surface area contributed by atoms with Crippen molar-refractivity contribution in [1.29, 1.82) is 0 Å². The zero-order valence-corrected chi connectivity index (χ0v) is 12.1. The number of imidazole rings is 1. The second-order valence-corrected chi connectivity index (χ2v) is 4.72. The minimum atomic E-state index is -0.426. The number of methoxy groups -OCH3 is 2. The lowest BCUT2D eigenvalue weighted by atomic mass is 10.1. The highest BCUT2D eigenvalue weighted by Crippen LogP contribution is 2.25. The minimum absolute atomic E-state index is 0.156. The van der Waals surface area contributed by atoms with Crippen LogP contribution in [0.3, 0.4) is 0 Å². The van der Waals surface area contributed by atoms with Crippen LogP contribution in [0.2, 0.25) is 0 Å². The van der Waals surface area contributed by atoms with Crippen LogP contribution in [0, 0.1) is 0 Å². The van der Waals surface area contributed by atoms with Crippen LogP contribution >= 0.6 is 0 Å². The maximum absolute atomic E-state index is 11.8. The fourth-order valence-electron chi connectivity index (χ4n) is 1.94. The number of hydrogen-bond acceptors (Lipinski definition) is 4. The molecule has 0 fully saturated rings. The van der Waals surface area contributed by atoms with Crippen molar-refractivity contribution < 1.29 is 14.3 Å². The third-order valence-electron chi connectivity index (χ3n) is 3.05. The number of nitrogens with one attached hydrogen (secondary N) is 1. The molecular weight excluding hydrogens is 256 g/mol. The van der Waals surface area contributed by atoms with E-state index in [-0.39, 0.29) is 5.92 Å². The van der Waals surface area contributed by atoms with Crippen molar-refractivity contribution in [2.45, 2.75) is 19.8 Å². The van der Waals surface area contributed by atoms with Crippen LogP contribution in [0.1, 0.15) is 35.9 Å². The highest BCUT2D eigenvalue weighted by atomic mass is 16.5. The molecule has 2 rings (SSSR count). The highest BCUT2D eigenvalue weighted by molar-refractivity contribution is 5.89. The van der Waals surface area contributed by atoms with Gasteiger partial charge in [-0.15, -0.1) is 0 Å². The molecule has 1 aromatic carbocycles. The predicted molar refractivity (Wildman–Crippen MR) is 76.0 cm³/mol. The third-order valence-corrected chi connectivity index (χ3v) is 3.05. The van der Waals surface area contributed by atoms with Gasteiger partial charge >= 0.3 is 5.97 Å². The van der Waals surface area contributed by atoms with E-state index in [1.54, 1.807) is 7.11 Å². The number of hydrogen-bond donors (Lipinski definition) is 1. The van der Waals surface area contributed by atoms with Crippen LogP contribution in [0.25, 0.3) is 11.4 Å². The van der Waals surface area contributed by atoms with Gasteiger partial charge in [0.15, 0.2) is 5.69 Å². The molecule has 106 valence electrons. The van der Waals surface area contributed by atoms with Crippen LogP contribution in [0.15, 0.2) is 24.3 Å². The highest BCUT2D eigenvalue weighted by Gasteiger charge is 2.20. The van der Waals surface area contributed by atoms with Gasteiger partial charge < -0.3 is 14.5 Å². The van der Waals surface area contributed by atoms with Crippen LogP contribution in [0.5, 0.6) is 5.75 Å². The van der Waals surface area contributed by atoms with Crippen molar-refractivity contribution in [3.8, 4) is 17.1 Å². The molecule has 2 aromatic rings. The summed E-state index contributed by atoms with van der Waals surface area (Å²) in [5.74, 6) is 1.16. The first-order valence-corrected chi connectivity index (χ1v) is 6.39. The molecule has 0 amide bonds. The molecule has 0 spiro atoms. The maximum Gasteiger partial charge on any atom is 0.358 e. The third kappa shape index (κ3) is 2.66. The van der Waals surface area contributed by atoms with Crippen LogP contribution in [-0.2, 0) is 4.74 Å². The molecule has 20 heavy (non-hydrogen) atoms. The second-order valence-electron chi connectivity index (χ2n) is 4.72. The summed E-state index contributed by atoms with van der Waals surface area (Å²) < 4.78 is 9.89. The van der Waals surface area contributed by atoms with Crippen molar-refractivity contribution >= 4 is 5.97 Å². The lowest BCUT2D eigenvalue weighted by Gasteiger charge is -2.03. The summed E-state index contributed by atoms with van der Waals surface area (Å²) in [7, 11) is 2.97. The molecule has 0 radical (unpaired) electrons. The molecule has 5 nitrogen and oxygen atoms in total. The summed E-state index contributed by atoms with van der Waals surface area (Å²) in [5.41, 5.74) is 2.01. The van der Waals surface area contributed by atoms with E-state index in [0.717, 1.165) is 17.0 Å². The van der Waals surface area contributed by atoms with E-state index in [4.69, 9.17) is 9.47 Å². The van der Waals surface area contributed by atoms with Crippen LogP contribution in [-0.4, -0.2) is 30.2 Å². The predicted octanol–water partition coefficient (Wildman–Crippen LogP) is 3.00. The van der Waals surface area contributed by atoms with Gasteiger partial charge in [0.05, 0.1) is 19.9 Å². The summed E-state index contributed by atoms with van der Waals surface area (Å²) >= 11 is 0. The van der Waals surface area contributed by atoms with Gasteiger partial charge in [0.2, 0.25) is 0 Å². The number of nitrogens with zero attached hydrogens (tertiary/aromatic N) is 1. The normalized spacial score (nSPS) is 10.7. The summed E-state index contributed by atoms with van der Waals surface area (Å²) in [6.07, 6.45) is 0. The number of aromatic nitrogens is 2. The molecule has 0 unspecified atom stereocenters. The molecule has 1 aromatic heterocycles. The molecule has 5 heteroatoms. The fraction of sp³-hybridized carbons (Fsp3) is 0.333. The Morgan fingerprint density at radius 1 is 1.20 bits per heavy atom. The number of esters is 1. The molecule has 0 aliphatic carbocycles. The topological polar surface area (TPSA) is 64.2 Å². The SMILES string of the molecule is COC(=O)c1nc(-c2ccc(OC)cc2)[nH]c1C(C)C. The van der Waals surface area contributed by atoms with Gasteiger partial charge in [0.25, 0.3) is 0 Å². The summed E-state index contributed by atoms with van der Waals surface area (Å²) in [4.78, 5) is 19.3. The first kappa shape index (κ1) is 14.1. The Balaban J connectivity index is 2.44. The Kier molecular flexibility index (Phi) is 4.08. The van der Waals surface area contributed by atoms with E-state index >= 15 is 0 Å². The summed E-state index contributed by atoms with van der Waals surface area (Å²) in [6.45, 7) is 4.00. The fourth-order valence-corrected chi connectivity index (χ4v) is 1.94. The lowest BCUT2D eigenvalue weighted by Crippen LogP contribution is -2.06.